The van der Waals surface area contributed by atoms with E-state index in [2.05, 4.69) is 43.0 Å². The second kappa shape index (κ2) is 2.94. The van der Waals surface area contributed by atoms with Crippen LogP contribution < -0.4 is 0 Å². The minimum atomic E-state index is 1.07. The zero-order valence-electron chi connectivity index (χ0n) is 7.37. The Kier molecular flexibility index (Phi) is 1.93. The van der Waals surface area contributed by atoms with Gasteiger partial charge in [-0.25, -0.2) is 4.58 Å². The first-order valence-corrected chi connectivity index (χ1v) is 5.03. The normalized spacial score (nSPS) is 15.3. The monoisotopic (exact) mass is 178 g/mol. The molecule has 0 unspecified atom stereocenters. The van der Waals surface area contributed by atoms with Crippen LogP contribution in [0.15, 0.2) is 23.1 Å². The summed E-state index contributed by atoms with van der Waals surface area (Å²) in [7, 11) is 2.11. The molecule has 1 aliphatic heterocycles. The fourth-order valence-corrected chi connectivity index (χ4v) is 2.41. The van der Waals surface area contributed by atoms with Crippen LogP contribution in [0.25, 0.3) is 0 Å². The first-order chi connectivity index (χ1) is 5.77. The summed E-state index contributed by atoms with van der Waals surface area (Å²) in [5.74, 6) is 1.07. The summed E-state index contributed by atoms with van der Waals surface area (Å²) < 4.78 is 2.21. The largest absolute Gasteiger partial charge is 0.228 e. The molecule has 1 heterocycles. The van der Waals surface area contributed by atoms with Gasteiger partial charge in [-0.3, -0.25) is 0 Å². The van der Waals surface area contributed by atoms with Gasteiger partial charge in [-0.15, -0.1) is 0 Å². The van der Waals surface area contributed by atoms with Crippen molar-refractivity contribution in [3.05, 3.63) is 29.3 Å². The maximum absolute atomic E-state index is 2.21. The number of hydrogen-bond donors (Lipinski definition) is 0. The molecule has 0 amide bonds. The van der Waals surface area contributed by atoms with Gasteiger partial charge in [-0.05, 0) is 18.6 Å². The molecule has 0 aliphatic carbocycles. The van der Waals surface area contributed by atoms with Crippen LogP contribution in [0.4, 0.5) is 0 Å². The predicted molar refractivity (Wildman–Crippen MR) is 53.3 cm³/mol. The van der Waals surface area contributed by atoms with Crippen LogP contribution in [0.5, 0.6) is 0 Å². The average Bonchev–Trinajstić information content (AvgIpc) is 2.04. The lowest BCUT2D eigenvalue weighted by atomic mass is 10.1. The Morgan fingerprint density at radius 1 is 1.42 bits per heavy atom. The Labute approximate surface area is 77.1 Å². The maximum Gasteiger partial charge on any atom is 0.193 e. The third-order valence-corrected chi connectivity index (χ3v) is 3.40. The molecule has 0 radical (unpaired) electrons. The highest BCUT2D eigenvalue weighted by molar-refractivity contribution is 7.99. The molecule has 12 heavy (non-hydrogen) atoms. The van der Waals surface area contributed by atoms with Gasteiger partial charge in [-0.1, -0.05) is 23.9 Å². The van der Waals surface area contributed by atoms with Crippen molar-refractivity contribution < 1.29 is 4.58 Å². The third-order valence-electron chi connectivity index (χ3n) is 2.01. The van der Waals surface area contributed by atoms with E-state index >= 15 is 0 Å². The van der Waals surface area contributed by atoms with E-state index in [9.17, 15) is 0 Å². The molecule has 0 bridgehead atoms. The van der Waals surface area contributed by atoms with Gasteiger partial charge >= 0.3 is 0 Å². The second-order valence-electron chi connectivity index (χ2n) is 3.15. The summed E-state index contributed by atoms with van der Waals surface area (Å²) in [6.07, 6.45) is 2.21. The molecule has 62 valence electrons. The number of benzene rings is 1. The number of hydrogen-bond acceptors (Lipinski definition) is 1. The molecule has 2 heteroatoms. The summed E-state index contributed by atoms with van der Waals surface area (Å²) in [6.45, 7) is 2.17. The van der Waals surface area contributed by atoms with Gasteiger partial charge in [0.2, 0.25) is 0 Å². The highest BCUT2D eigenvalue weighted by atomic mass is 32.2. The van der Waals surface area contributed by atoms with Crippen molar-refractivity contribution in [1.29, 1.82) is 0 Å². The SMILES string of the molecule is Cc1cccc2c1SC[N+](C)=C2. The van der Waals surface area contributed by atoms with Crippen LogP contribution in [-0.4, -0.2) is 23.7 Å². The Bertz CT molecular complexity index is 342. The van der Waals surface area contributed by atoms with Crippen molar-refractivity contribution >= 4 is 18.0 Å². The Morgan fingerprint density at radius 3 is 3.08 bits per heavy atom. The van der Waals surface area contributed by atoms with Crippen molar-refractivity contribution in [2.75, 3.05) is 12.9 Å². The molecule has 1 nitrogen and oxygen atoms in total. The quantitative estimate of drug-likeness (QED) is 0.550. The molecular weight excluding hydrogens is 166 g/mol. The number of thioether (sulfide) groups is 1. The summed E-state index contributed by atoms with van der Waals surface area (Å²) in [4.78, 5) is 1.44. The van der Waals surface area contributed by atoms with Crippen LogP contribution in [0.2, 0.25) is 0 Å². The maximum atomic E-state index is 2.21. The molecule has 0 saturated carbocycles. The molecule has 0 aromatic heterocycles. The summed E-state index contributed by atoms with van der Waals surface area (Å²) in [5, 5.41) is 0. The molecule has 0 spiro atoms. The molecule has 1 aromatic carbocycles. The van der Waals surface area contributed by atoms with Gasteiger partial charge in [0.15, 0.2) is 12.1 Å². The first-order valence-electron chi connectivity index (χ1n) is 4.05. The molecule has 0 N–H and O–H groups in total. The molecule has 2 rings (SSSR count). The summed E-state index contributed by atoms with van der Waals surface area (Å²) >= 11 is 1.92. The second-order valence-corrected chi connectivity index (χ2v) is 4.11. The van der Waals surface area contributed by atoms with Gasteiger partial charge in [-0.2, -0.15) is 0 Å². The van der Waals surface area contributed by atoms with Crippen LogP contribution in [0.1, 0.15) is 11.1 Å². The lowest BCUT2D eigenvalue weighted by Crippen LogP contribution is -2.12. The molecule has 0 saturated heterocycles. The van der Waals surface area contributed by atoms with Crippen LogP contribution >= 0.6 is 11.8 Å². The average molecular weight is 178 g/mol. The van der Waals surface area contributed by atoms with Gasteiger partial charge in [0.05, 0.1) is 5.56 Å². The topological polar surface area (TPSA) is 3.01 Å². The highest BCUT2D eigenvalue weighted by Crippen LogP contribution is 2.27. The first kappa shape index (κ1) is 7.87. The third kappa shape index (κ3) is 1.27. The smallest absolute Gasteiger partial charge is 0.193 e. The molecular formula is C10H12NS+. The molecule has 0 atom stereocenters. The van der Waals surface area contributed by atoms with E-state index in [-0.39, 0.29) is 0 Å². The Morgan fingerprint density at radius 2 is 2.25 bits per heavy atom. The van der Waals surface area contributed by atoms with Crippen molar-refractivity contribution in [2.24, 2.45) is 0 Å². The minimum Gasteiger partial charge on any atom is -0.228 e. The van der Waals surface area contributed by atoms with Gasteiger partial charge < -0.3 is 0 Å². The Hall–Kier alpha value is -0.760. The number of fused-ring (bicyclic) bond motifs is 1. The van der Waals surface area contributed by atoms with Crippen LogP contribution in [0, 0.1) is 6.92 Å². The van der Waals surface area contributed by atoms with Gasteiger partial charge in [0, 0.05) is 4.90 Å². The molecule has 1 aliphatic rings. The predicted octanol–water partition coefficient (Wildman–Crippen LogP) is 2.12. The van der Waals surface area contributed by atoms with Crippen molar-refractivity contribution in [3.63, 3.8) is 0 Å². The Balaban J connectivity index is 2.57. The van der Waals surface area contributed by atoms with E-state index in [0.29, 0.717) is 0 Å². The van der Waals surface area contributed by atoms with E-state index in [0.717, 1.165) is 5.88 Å². The number of rotatable bonds is 0. The number of aryl methyl sites for hydroxylation is 1. The lowest BCUT2D eigenvalue weighted by molar-refractivity contribution is -0.470. The van der Waals surface area contributed by atoms with E-state index in [1.165, 1.54) is 16.0 Å². The van der Waals surface area contributed by atoms with Crippen molar-refractivity contribution in [1.82, 2.24) is 0 Å². The van der Waals surface area contributed by atoms with Crippen molar-refractivity contribution in [2.45, 2.75) is 11.8 Å². The van der Waals surface area contributed by atoms with Gasteiger partial charge in [0.25, 0.3) is 0 Å². The van der Waals surface area contributed by atoms with Crippen molar-refractivity contribution in [3.8, 4) is 0 Å². The van der Waals surface area contributed by atoms with E-state index in [4.69, 9.17) is 0 Å². The van der Waals surface area contributed by atoms with E-state index < -0.39 is 0 Å². The summed E-state index contributed by atoms with van der Waals surface area (Å²) in [5.41, 5.74) is 2.75. The highest BCUT2D eigenvalue weighted by Gasteiger charge is 2.14. The van der Waals surface area contributed by atoms with Crippen LogP contribution in [0.3, 0.4) is 0 Å². The fraction of sp³-hybridized carbons (Fsp3) is 0.300. The lowest BCUT2D eigenvalue weighted by Gasteiger charge is -2.11. The van der Waals surface area contributed by atoms with E-state index in [1.54, 1.807) is 0 Å². The van der Waals surface area contributed by atoms with Crippen LogP contribution in [-0.2, 0) is 0 Å². The minimum absolute atomic E-state index is 1.07. The fourth-order valence-electron chi connectivity index (χ4n) is 1.42. The molecule has 1 aromatic rings. The zero-order valence-corrected chi connectivity index (χ0v) is 8.19. The zero-order chi connectivity index (χ0) is 8.55. The van der Waals surface area contributed by atoms with E-state index in [1.807, 2.05) is 11.8 Å². The molecule has 0 fully saturated rings. The number of nitrogens with zero attached hydrogens (tertiary/aromatic N) is 1. The standard InChI is InChI=1S/C10H12NS/c1-8-4-3-5-9-6-11(2)7-12-10(8)9/h3-6H,7H2,1-2H3/q+1. The van der Waals surface area contributed by atoms with Gasteiger partial charge in [0.1, 0.15) is 7.05 Å². The summed E-state index contributed by atoms with van der Waals surface area (Å²) in [6, 6.07) is 6.46.